The van der Waals surface area contributed by atoms with Crippen molar-refractivity contribution in [2.24, 2.45) is 0 Å². The van der Waals surface area contributed by atoms with Crippen LogP contribution in [0.2, 0.25) is 0 Å². The van der Waals surface area contributed by atoms with Gasteiger partial charge in [0.05, 0.1) is 21.3 Å². The number of hydrogen-bond acceptors (Lipinski definition) is 5. The molecule has 0 unspecified atom stereocenters. The van der Waals surface area contributed by atoms with E-state index in [0.29, 0.717) is 41.7 Å². The number of carbonyl (C=O) groups excluding carboxylic acids is 1. The van der Waals surface area contributed by atoms with Crippen molar-refractivity contribution in [1.29, 1.82) is 0 Å². The van der Waals surface area contributed by atoms with Crippen molar-refractivity contribution >= 4 is 5.91 Å². The molecule has 0 atom stereocenters. The highest BCUT2D eigenvalue weighted by molar-refractivity contribution is 5.94. The smallest absolute Gasteiger partial charge is 0.251 e. The Morgan fingerprint density at radius 1 is 0.800 bits per heavy atom. The standard InChI is InChI=1S/C24H25NO5/c1-27-21-12-18(13-22(28-2)23(21)29-3)15-25-24(26)19-10-7-11-20(14-19)30-16-17-8-5-4-6-9-17/h4-14H,15-16H2,1-3H3,(H,25,26). The summed E-state index contributed by atoms with van der Waals surface area (Å²) in [6.07, 6.45) is 0. The summed E-state index contributed by atoms with van der Waals surface area (Å²) in [5.41, 5.74) is 2.41. The van der Waals surface area contributed by atoms with Gasteiger partial charge in [0.1, 0.15) is 12.4 Å². The number of ether oxygens (including phenoxy) is 4. The maximum Gasteiger partial charge on any atom is 0.251 e. The molecule has 6 nitrogen and oxygen atoms in total. The van der Waals surface area contributed by atoms with Crippen LogP contribution in [0.1, 0.15) is 21.5 Å². The largest absolute Gasteiger partial charge is 0.493 e. The maximum atomic E-state index is 12.6. The van der Waals surface area contributed by atoms with E-state index in [-0.39, 0.29) is 5.91 Å². The van der Waals surface area contributed by atoms with Gasteiger partial charge in [-0.05, 0) is 41.5 Å². The van der Waals surface area contributed by atoms with E-state index in [9.17, 15) is 4.79 Å². The molecule has 0 saturated carbocycles. The zero-order valence-electron chi connectivity index (χ0n) is 17.3. The van der Waals surface area contributed by atoms with Crippen LogP contribution in [0.5, 0.6) is 23.0 Å². The molecule has 1 amide bonds. The summed E-state index contributed by atoms with van der Waals surface area (Å²) >= 11 is 0. The fourth-order valence-electron chi connectivity index (χ4n) is 2.99. The number of rotatable bonds is 9. The van der Waals surface area contributed by atoms with Crippen LogP contribution in [0.4, 0.5) is 0 Å². The third kappa shape index (κ3) is 5.23. The topological polar surface area (TPSA) is 66.0 Å². The summed E-state index contributed by atoms with van der Waals surface area (Å²) in [5, 5.41) is 2.91. The number of methoxy groups -OCH3 is 3. The number of carbonyl (C=O) groups is 1. The minimum atomic E-state index is -0.200. The second-order valence-electron chi connectivity index (χ2n) is 6.52. The molecule has 6 heteroatoms. The van der Waals surface area contributed by atoms with Gasteiger partial charge >= 0.3 is 0 Å². The van der Waals surface area contributed by atoms with E-state index >= 15 is 0 Å². The Hall–Kier alpha value is -3.67. The van der Waals surface area contributed by atoms with Gasteiger partial charge in [-0.1, -0.05) is 36.4 Å². The Morgan fingerprint density at radius 3 is 2.13 bits per heavy atom. The average Bonchev–Trinajstić information content (AvgIpc) is 2.81. The van der Waals surface area contributed by atoms with Crippen molar-refractivity contribution in [3.63, 3.8) is 0 Å². The molecule has 0 fully saturated rings. The minimum absolute atomic E-state index is 0.200. The molecule has 1 N–H and O–H groups in total. The second kappa shape index (κ2) is 10.2. The Balaban J connectivity index is 1.65. The molecular weight excluding hydrogens is 382 g/mol. The molecule has 3 aromatic carbocycles. The quantitative estimate of drug-likeness (QED) is 0.575. The predicted octanol–water partition coefficient (Wildman–Crippen LogP) is 4.22. The maximum absolute atomic E-state index is 12.6. The second-order valence-corrected chi connectivity index (χ2v) is 6.52. The van der Waals surface area contributed by atoms with E-state index in [2.05, 4.69) is 5.32 Å². The molecule has 0 aromatic heterocycles. The molecule has 0 saturated heterocycles. The van der Waals surface area contributed by atoms with Crippen LogP contribution in [0, 0.1) is 0 Å². The van der Waals surface area contributed by atoms with Crippen LogP contribution in [0.25, 0.3) is 0 Å². The molecule has 30 heavy (non-hydrogen) atoms. The highest BCUT2D eigenvalue weighted by Crippen LogP contribution is 2.38. The molecule has 156 valence electrons. The summed E-state index contributed by atoms with van der Waals surface area (Å²) in [5.74, 6) is 2.03. The monoisotopic (exact) mass is 407 g/mol. The fraction of sp³-hybridized carbons (Fsp3) is 0.208. The van der Waals surface area contributed by atoms with Crippen molar-refractivity contribution in [3.8, 4) is 23.0 Å². The highest BCUT2D eigenvalue weighted by Gasteiger charge is 2.14. The Labute approximate surface area is 176 Å². The van der Waals surface area contributed by atoms with Gasteiger partial charge in [-0.25, -0.2) is 0 Å². The SMILES string of the molecule is COc1cc(CNC(=O)c2cccc(OCc3ccccc3)c2)cc(OC)c1OC. The van der Waals surface area contributed by atoms with E-state index in [1.807, 2.05) is 36.4 Å². The van der Waals surface area contributed by atoms with Gasteiger partial charge in [0.15, 0.2) is 11.5 Å². The normalized spacial score (nSPS) is 10.2. The van der Waals surface area contributed by atoms with Gasteiger partial charge in [-0.2, -0.15) is 0 Å². The molecule has 0 heterocycles. The molecule has 0 bridgehead atoms. The van der Waals surface area contributed by atoms with Gasteiger partial charge in [0, 0.05) is 12.1 Å². The van der Waals surface area contributed by atoms with Crippen LogP contribution >= 0.6 is 0 Å². The lowest BCUT2D eigenvalue weighted by Crippen LogP contribution is -2.22. The molecule has 0 aliphatic heterocycles. The molecule has 0 radical (unpaired) electrons. The van der Waals surface area contributed by atoms with Crippen LogP contribution < -0.4 is 24.3 Å². The lowest BCUT2D eigenvalue weighted by Gasteiger charge is -2.14. The predicted molar refractivity (Wildman–Crippen MR) is 114 cm³/mol. The molecule has 0 spiro atoms. The number of benzene rings is 3. The lowest BCUT2D eigenvalue weighted by molar-refractivity contribution is 0.0950. The van der Waals surface area contributed by atoms with Gasteiger partial charge in [-0.3, -0.25) is 4.79 Å². The molecule has 0 aliphatic carbocycles. The number of amides is 1. The van der Waals surface area contributed by atoms with Crippen LogP contribution in [-0.4, -0.2) is 27.2 Å². The Morgan fingerprint density at radius 2 is 1.50 bits per heavy atom. The van der Waals surface area contributed by atoms with E-state index < -0.39 is 0 Å². The van der Waals surface area contributed by atoms with E-state index in [0.717, 1.165) is 11.1 Å². The van der Waals surface area contributed by atoms with E-state index in [1.165, 1.54) is 0 Å². The summed E-state index contributed by atoms with van der Waals surface area (Å²) in [6, 6.07) is 20.6. The first-order valence-electron chi connectivity index (χ1n) is 9.48. The number of nitrogens with one attached hydrogen (secondary N) is 1. The third-order valence-corrected chi connectivity index (χ3v) is 4.52. The first kappa shape index (κ1) is 21.0. The van der Waals surface area contributed by atoms with E-state index in [4.69, 9.17) is 18.9 Å². The highest BCUT2D eigenvalue weighted by atomic mass is 16.5. The van der Waals surface area contributed by atoms with Crippen molar-refractivity contribution in [3.05, 3.63) is 83.4 Å². The van der Waals surface area contributed by atoms with Crippen molar-refractivity contribution in [2.45, 2.75) is 13.2 Å². The Bertz CT molecular complexity index is 963. The third-order valence-electron chi connectivity index (χ3n) is 4.52. The summed E-state index contributed by atoms with van der Waals surface area (Å²) in [6.45, 7) is 0.752. The van der Waals surface area contributed by atoms with Gasteiger partial charge in [0.2, 0.25) is 5.75 Å². The van der Waals surface area contributed by atoms with Crippen molar-refractivity contribution in [1.82, 2.24) is 5.32 Å². The average molecular weight is 407 g/mol. The molecule has 3 rings (SSSR count). The number of hydrogen-bond donors (Lipinski definition) is 1. The van der Waals surface area contributed by atoms with Gasteiger partial charge in [0.25, 0.3) is 5.91 Å². The molecule has 3 aromatic rings. The van der Waals surface area contributed by atoms with Gasteiger partial charge < -0.3 is 24.3 Å². The van der Waals surface area contributed by atoms with Gasteiger partial charge in [-0.15, -0.1) is 0 Å². The van der Waals surface area contributed by atoms with Crippen molar-refractivity contribution in [2.75, 3.05) is 21.3 Å². The minimum Gasteiger partial charge on any atom is -0.493 e. The van der Waals surface area contributed by atoms with Crippen LogP contribution in [0.15, 0.2) is 66.7 Å². The first-order valence-corrected chi connectivity index (χ1v) is 9.48. The Kier molecular flexibility index (Phi) is 7.16. The summed E-state index contributed by atoms with van der Waals surface area (Å²) < 4.78 is 21.8. The fourth-order valence-corrected chi connectivity index (χ4v) is 2.99. The summed E-state index contributed by atoms with van der Waals surface area (Å²) in [4.78, 5) is 12.6. The zero-order valence-corrected chi connectivity index (χ0v) is 17.3. The summed E-state index contributed by atoms with van der Waals surface area (Å²) in [7, 11) is 4.66. The zero-order chi connectivity index (χ0) is 21.3. The molecule has 0 aliphatic rings. The van der Waals surface area contributed by atoms with E-state index in [1.54, 1.807) is 51.7 Å². The van der Waals surface area contributed by atoms with Crippen LogP contribution in [-0.2, 0) is 13.2 Å². The first-order chi connectivity index (χ1) is 14.6. The molecular formula is C24H25NO5. The lowest BCUT2D eigenvalue weighted by atomic mass is 10.1. The van der Waals surface area contributed by atoms with Crippen LogP contribution in [0.3, 0.4) is 0 Å². The van der Waals surface area contributed by atoms with Crippen molar-refractivity contribution < 1.29 is 23.7 Å².